The molecule has 0 aliphatic rings. The van der Waals surface area contributed by atoms with Gasteiger partial charge in [-0.05, 0) is 75.9 Å². The minimum Gasteiger partial charge on any atom is -0.465 e. The fraction of sp³-hybridized carbons (Fsp3) is 0.474. The first-order valence-corrected chi connectivity index (χ1v) is 7.87. The first kappa shape index (κ1) is 15.8. The van der Waals surface area contributed by atoms with E-state index in [9.17, 15) is 0 Å². The van der Waals surface area contributed by atoms with Crippen LogP contribution in [0, 0.1) is 27.7 Å². The van der Waals surface area contributed by atoms with Crippen LogP contribution in [0.3, 0.4) is 0 Å². The van der Waals surface area contributed by atoms with E-state index in [0.717, 1.165) is 30.9 Å². The number of furan rings is 1. The summed E-state index contributed by atoms with van der Waals surface area (Å²) in [4.78, 5) is 0. The van der Waals surface area contributed by atoms with Crippen molar-refractivity contribution in [3.8, 4) is 0 Å². The highest BCUT2D eigenvalue weighted by atomic mass is 16.3. The van der Waals surface area contributed by atoms with Crippen LogP contribution in [0.5, 0.6) is 0 Å². The minimum atomic E-state index is 0.249. The van der Waals surface area contributed by atoms with Crippen LogP contribution < -0.4 is 5.32 Å². The zero-order valence-corrected chi connectivity index (χ0v) is 13.9. The molecule has 1 atom stereocenters. The molecule has 0 aliphatic carbocycles. The number of benzene rings is 1. The zero-order chi connectivity index (χ0) is 15.4. The van der Waals surface area contributed by atoms with Crippen LogP contribution in [-0.4, -0.2) is 6.54 Å². The molecule has 114 valence electrons. The highest BCUT2D eigenvalue weighted by Gasteiger charge is 2.17. The zero-order valence-electron chi connectivity index (χ0n) is 13.9. The lowest BCUT2D eigenvalue weighted by molar-refractivity contribution is 0.398. The lowest BCUT2D eigenvalue weighted by Gasteiger charge is -2.19. The van der Waals surface area contributed by atoms with Crippen LogP contribution in [0.2, 0.25) is 0 Å². The molecule has 1 aromatic carbocycles. The van der Waals surface area contributed by atoms with Crippen molar-refractivity contribution in [2.24, 2.45) is 0 Å². The molecule has 1 heterocycles. The van der Waals surface area contributed by atoms with Gasteiger partial charge in [-0.2, -0.15) is 0 Å². The summed E-state index contributed by atoms with van der Waals surface area (Å²) in [6.45, 7) is 11.8. The lowest BCUT2D eigenvalue weighted by Crippen LogP contribution is -2.24. The molecule has 0 spiro atoms. The van der Waals surface area contributed by atoms with Gasteiger partial charge in [0.15, 0.2) is 0 Å². The van der Waals surface area contributed by atoms with Crippen molar-refractivity contribution in [2.75, 3.05) is 6.54 Å². The smallest absolute Gasteiger partial charge is 0.121 e. The van der Waals surface area contributed by atoms with Crippen LogP contribution in [0.4, 0.5) is 0 Å². The van der Waals surface area contributed by atoms with Crippen LogP contribution in [0.15, 0.2) is 28.7 Å². The second-order valence-electron chi connectivity index (χ2n) is 6.04. The first-order valence-electron chi connectivity index (χ1n) is 7.87. The van der Waals surface area contributed by atoms with E-state index in [1.165, 1.54) is 22.3 Å². The van der Waals surface area contributed by atoms with Crippen molar-refractivity contribution in [2.45, 2.75) is 53.5 Å². The molecule has 1 aromatic heterocycles. The van der Waals surface area contributed by atoms with Gasteiger partial charge in [-0.25, -0.2) is 0 Å². The maximum absolute atomic E-state index is 5.86. The normalized spacial score (nSPS) is 12.6. The number of rotatable bonds is 6. The Morgan fingerprint density at radius 2 is 1.71 bits per heavy atom. The van der Waals surface area contributed by atoms with Crippen LogP contribution in [0.1, 0.15) is 53.2 Å². The molecule has 0 bridgehead atoms. The summed E-state index contributed by atoms with van der Waals surface area (Å²) in [5.41, 5.74) is 5.52. The largest absolute Gasteiger partial charge is 0.465 e. The van der Waals surface area contributed by atoms with Gasteiger partial charge in [0.05, 0.1) is 6.04 Å². The molecule has 1 N–H and O–H groups in total. The van der Waals surface area contributed by atoms with E-state index >= 15 is 0 Å². The Hall–Kier alpha value is -1.54. The summed E-state index contributed by atoms with van der Waals surface area (Å²) < 4.78 is 5.86. The van der Waals surface area contributed by atoms with Gasteiger partial charge in [-0.15, -0.1) is 0 Å². The minimum absolute atomic E-state index is 0.249. The third-order valence-corrected chi connectivity index (χ3v) is 3.99. The molecule has 0 amide bonds. The van der Waals surface area contributed by atoms with E-state index in [4.69, 9.17) is 4.42 Å². The predicted molar refractivity (Wildman–Crippen MR) is 88.8 cm³/mol. The van der Waals surface area contributed by atoms with Gasteiger partial charge in [-0.3, -0.25) is 0 Å². The predicted octanol–water partition coefficient (Wildman–Crippen LogP) is 4.80. The van der Waals surface area contributed by atoms with Crippen molar-refractivity contribution >= 4 is 0 Å². The Balaban J connectivity index is 2.27. The third-order valence-electron chi connectivity index (χ3n) is 3.99. The summed E-state index contributed by atoms with van der Waals surface area (Å²) in [6.07, 6.45) is 2.10. The molecular weight excluding hydrogens is 258 g/mol. The van der Waals surface area contributed by atoms with E-state index in [1.807, 2.05) is 13.0 Å². The van der Waals surface area contributed by atoms with Crippen LogP contribution >= 0.6 is 0 Å². The summed E-state index contributed by atoms with van der Waals surface area (Å²) in [5, 5.41) is 3.62. The Morgan fingerprint density at radius 1 is 1.05 bits per heavy atom. The van der Waals surface area contributed by atoms with Crippen molar-refractivity contribution in [3.05, 3.63) is 58.0 Å². The van der Waals surface area contributed by atoms with Crippen LogP contribution in [0.25, 0.3) is 0 Å². The molecule has 2 nitrogen and oxygen atoms in total. The highest BCUT2D eigenvalue weighted by Crippen LogP contribution is 2.25. The summed E-state index contributed by atoms with van der Waals surface area (Å²) in [7, 11) is 0. The molecule has 2 rings (SSSR count). The van der Waals surface area contributed by atoms with Gasteiger partial charge in [0, 0.05) is 0 Å². The fourth-order valence-corrected chi connectivity index (χ4v) is 2.97. The van der Waals surface area contributed by atoms with Gasteiger partial charge in [0.25, 0.3) is 0 Å². The van der Waals surface area contributed by atoms with Crippen LogP contribution in [-0.2, 0) is 6.42 Å². The van der Waals surface area contributed by atoms with Gasteiger partial charge in [-0.1, -0.05) is 24.6 Å². The second-order valence-corrected chi connectivity index (χ2v) is 6.04. The number of hydrogen-bond donors (Lipinski definition) is 1. The Labute approximate surface area is 128 Å². The van der Waals surface area contributed by atoms with Gasteiger partial charge < -0.3 is 9.73 Å². The average molecular weight is 285 g/mol. The van der Waals surface area contributed by atoms with E-state index in [-0.39, 0.29) is 6.04 Å². The molecule has 1 unspecified atom stereocenters. The Bertz CT molecular complexity index is 574. The van der Waals surface area contributed by atoms with E-state index in [2.05, 4.69) is 51.2 Å². The maximum Gasteiger partial charge on any atom is 0.121 e. The van der Waals surface area contributed by atoms with Crippen molar-refractivity contribution in [3.63, 3.8) is 0 Å². The first-order chi connectivity index (χ1) is 10.0. The average Bonchev–Trinajstić information content (AvgIpc) is 2.83. The van der Waals surface area contributed by atoms with Crippen molar-refractivity contribution in [1.29, 1.82) is 0 Å². The molecule has 2 aromatic rings. The second kappa shape index (κ2) is 6.95. The summed E-state index contributed by atoms with van der Waals surface area (Å²) >= 11 is 0. The molecule has 0 saturated heterocycles. The van der Waals surface area contributed by atoms with Gasteiger partial charge in [0.1, 0.15) is 11.5 Å². The molecule has 0 radical (unpaired) electrons. The van der Waals surface area contributed by atoms with E-state index in [0.29, 0.717) is 0 Å². The molecule has 0 fully saturated rings. The standard InChI is InChI=1S/C19H27NO/c1-6-9-20-18(19-8-7-16(5)21-19)12-17-14(3)10-13(2)11-15(17)4/h7-8,10-11,18,20H,6,9,12H2,1-5H3. The van der Waals surface area contributed by atoms with E-state index < -0.39 is 0 Å². The monoisotopic (exact) mass is 285 g/mol. The summed E-state index contributed by atoms with van der Waals surface area (Å²) in [5.74, 6) is 2.02. The topological polar surface area (TPSA) is 25.2 Å². The lowest BCUT2D eigenvalue weighted by atomic mass is 9.93. The molecule has 21 heavy (non-hydrogen) atoms. The Morgan fingerprint density at radius 3 is 2.24 bits per heavy atom. The summed E-state index contributed by atoms with van der Waals surface area (Å²) in [6, 6.07) is 8.93. The van der Waals surface area contributed by atoms with E-state index in [1.54, 1.807) is 0 Å². The fourth-order valence-electron chi connectivity index (χ4n) is 2.97. The SMILES string of the molecule is CCCNC(Cc1c(C)cc(C)cc1C)c1ccc(C)o1. The molecular formula is C19H27NO. The third kappa shape index (κ3) is 3.98. The maximum atomic E-state index is 5.86. The number of nitrogens with one attached hydrogen (secondary N) is 1. The van der Waals surface area contributed by atoms with Crippen molar-refractivity contribution < 1.29 is 4.42 Å². The molecule has 0 aliphatic heterocycles. The van der Waals surface area contributed by atoms with Crippen molar-refractivity contribution in [1.82, 2.24) is 5.32 Å². The number of aryl methyl sites for hydroxylation is 4. The number of hydrogen-bond acceptors (Lipinski definition) is 2. The molecule has 0 saturated carbocycles. The van der Waals surface area contributed by atoms with Gasteiger partial charge >= 0.3 is 0 Å². The van der Waals surface area contributed by atoms with Gasteiger partial charge in [0.2, 0.25) is 0 Å². The highest BCUT2D eigenvalue weighted by molar-refractivity contribution is 5.38. The Kier molecular flexibility index (Phi) is 5.24. The molecule has 2 heteroatoms. The quantitative estimate of drug-likeness (QED) is 0.825.